The van der Waals surface area contributed by atoms with Crippen molar-refractivity contribution in [3.8, 4) is 5.75 Å². The number of methoxy groups -OCH3 is 1. The van der Waals surface area contributed by atoms with Crippen LogP contribution in [0.3, 0.4) is 0 Å². The fraction of sp³-hybridized carbons (Fsp3) is 0.562. The minimum atomic E-state index is 0.0596. The summed E-state index contributed by atoms with van der Waals surface area (Å²) in [4.78, 5) is 11.6. The van der Waals surface area contributed by atoms with Crippen molar-refractivity contribution in [2.75, 3.05) is 26.7 Å². The molecule has 20 heavy (non-hydrogen) atoms. The molecule has 1 rings (SSSR count). The van der Waals surface area contributed by atoms with Crippen LogP contribution in [0, 0.1) is 0 Å². The summed E-state index contributed by atoms with van der Waals surface area (Å²) in [5, 5.41) is 6.07. The highest BCUT2D eigenvalue weighted by Crippen LogP contribution is 2.12. The number of nitrogens with one attached hydrogen (secondary N) is 2. The van der Waals surface area contributed by atoms with Crippen LogP contribution < -0.4 is 15.4 Å². The van der Waals surface area contributed by atoms with E-state index in [1.807, 2.05) is 24.3 Å². The molecule has 4 nitrogen and oxygen atoms in total. The van der Waals surface area contributed by atoms with E-state index in [1.165, 1.54) is 18.4 Å². The molecule has 1 aromatic rings. The van der Waals surface area contributed by atoms with Crippen molar-refractivity contribution >= 4 is 5.91 Å². The minimum Gasteiger partial charge on any atom is -0.497 e. The van der Waals surface area contributed by atoms with E-state index in [0.29, 0.717) is 13.1 Å². The van der Waals surface area contributed by atoms with Gasteiger partial charge in [0.15, 0.2) is 0 Å². The normalized spacial score (nSPS) is 10.3. The predicted molar refractivity (Wildman–Crippen MR) is 82.1 cm³/mol. The molecule has 0 spiro atoms. The summed E-state index contributed by atoms with van der Waals surface area (Å²) in [6, 6.07) is 7.92. The molecule has 0 unspecified atom stereocenters. The largest absolute Gasteiger partial charge is 0.497 e. The Hall–Kier alpha value is -1.55. The van der Waals surface area contributed by atoms with E-state index in [1.54, 1.807) is 7.11 Å². The Labute approximate surface area is 121 Å². The van der Waals surface area contributed by atoms with Gasteiger partial charge in [0.25, 0.3) is 0 Å². The highest BCUT2D eigenvalue weighted by molar-refractivity contribution is 5.77. The SMILES string of the molecule is CCCCCNCC(=O)NCCc1cccc(OC)c1. The van der Waals surface area contributed by atoms with E-state index in [0.717, 1.165) is 25.1 Å². The summed E-state index contributed by atoms with van der Waals surface area (Å²) in [6.07, 6.45) is 4.37. The minimum absolute atomic E-state index is 0.0596. The van der Waals surface area contributed by atoms with Crippen molar-refractivity contribution in [2.45, 2.75) is 32.6 Å². The average Bonchev–Trinajstić information content (AvgIpc) is 2.47. The van der Waals surface area contributed by atoms with E-state index in [2.05, 4.69) is 17.6 Å². The molecule has 0 aromatic heterocycles. The average molecular weight is 278 g/mol. The van der Waals surface area contributed by atoms with Gasteiger partial charge in [-0.05, 0) is 37.1 Å². The fourth-order valence-electron chi connectivity index (χ4n) is 1.94. The van der Waals surface area contributed by atoms with Crippen molar-refractivity contribution in [3.63, 3.8) is 0 Å². The standard InChI is InChI=1S/C16H26N2O2/c1-3-4-5-10-17-13-16(19)18-11-9-14-7-6-8-15(12-14)20-2/h6-8,12,17H,3-5,9-11,13H2,1-2H3,(H,18,19). The van der Waals surface area contributed by atoms with Crippen molar-refractivity contribution in [1.82, 2.24) is 10.6 Å². The van der Waals surface area contributed by atoms with Crippen molar-refractivity contribution in [2.24, 2.45) is 0 Å². The van der Waals surface area contributed by atoms with Gasteiger partial charge in [-0.15, -0.1) is 0 Å². The molecule has 1 amide bonds. The van der Waals surface area contributed by atoms with Crippen LogP contribution >= 0.6 is 0 Å². The summed E-state index contributed by atoms with van der Waals surface area (Å²) >= 11 is 0. The van der Waals surface area contributed by atoms with Gasteiger partial charge in [0.05, 0.1) is 13.7 Å². The van der Waals surface area contributed by atoms with Gasteiger partial charge in [-0.1, -0.05) is 31.9 Å². The summed E-state index contributed by atoms with van der Waals surface area (Å²) in [6.45, 7) is 4.15. The van der Waals surface area contributed by atoms with Crippen LogP contribution in [-0.2, 0) is 11.2 Å². The van der Waals surface area contributed by atoms with Crippen molar-refractivity contribution < 1.29 is 9.53 Å². The Morgan fingerprint density at radius 1 is 1.25 bits per heavy atom. The molecule has 0 radical (unpaired) electrons. The van der Waals surface area contributed by atoms with Gasteiger partial charge in [0.2, 0.25) is 5.91 Å². The van der Waals surface area contributed by atoms with Gasteiger partial charge in [0, 0.05) is 6.54 Å². The smallest absolute Gasteiger partial charge is 0.233 e. The Morgan fingerprint density at radius 3 is 2.85 bits per heavy atom. The van der Waals surface area contributed by atoms with E-state index >= 15 is 0 Å². The summed E-state index contributed by atoms with van der Waals surface area (Å²) in [5.74, 6) is 0.913. The molecule has 0 bridgehead atoms. The second kappa shape index (κ2) is 10.3. The highest BCUT2D eigenvalue weighted by atomic mass is 16.5. The molecule has 0 fully saturated rings. The molecule has 0 saturated heterocycles. The first kappa shape index (κ1) is 16.5. The lowest BCUT2D eigenvalue weighted by atomic mass is 10.1. The maximum absolute atomic E-state index is 11.6. The topological polar surface area (TPSA) is 50.4 Å². The lowest BCUT2D eigenvalue weighted by Crippen LogP contribution is -2.35. The lowest BCUT2D eigenvalue weighted by molar-refractivity contribution is -0.120. The van der Waals surface area contributed by atoms with Crippen LogP contribution in [0.5, 0.6) is 5.75 Å². The van der Waals surface area contributed by atoms with Crippen molar-refractivity contribution in [1.29, 1.82) is 0 Å². The van der Waals surface area contributed by atoms with Crippen LogP contribution in [-0.4, -0.2) is 32.7 Å². The van der Waals surface area contributed by atoms with Crippen LogP contribution in [0.2, 0.25) is 0 Å². The molecule has 0 aliphatic heterocycles. The monoisotopic (exact) mass is 278 g/mol. The number of unbranched alkanes of at least 4 members (excludes halogenated alkanes) is 2. The molecule has 0 aliphatic rings. The van der Waals surface area contributed by atoms with Crippen molar-refractivity contribution in [3.05, 3.63) is 29.8 Å². The first-order valence-corrected chi connectivity index (χ1v) is 7.36. The molecule has 0 saturated carbocycles. The van der Waals surface area contributed by atoms with Gasteiger partial charge >= 0.3 is 0 Å². The first-order chi connectivity index (χ1) is 9.76. The predicted octanol–water partition coefficient (Wildman–Crippen LogP) is 2.13. The third kappa shape index (κ3) is 7.14. The van der Waals surface area contributed by atoms with Crippen LogP contribution in [0.15, 0.2) is 24.3 Å². The molecular weight excluding hydrogens is 252 g/mol. The number of hydrogen-bond acceptors (Lipinski definition) is 3. The zero-order chi connectivity index (χ0) is 14.6. The molecule has 1 aromatic carbocycles. The van der Waals surface area contributed by atoms with E-state index in [4.69, 9.17) is 4.74 Å². The van der Waals surface area contributed by atoms with Crippen LogP contribution in [0.4, 0.5) is 0 Å². The number of carbonyl (C=O) groups excluding carboxylic acids is 1. The number of benzene rings is 1. The zero-order valence-corrected chi connectivity index (χ0v) is 12.6. The summed E-state index contributed by atoms with van der Waals surface area (Å²) < 4.78 is 5.17. The van der Waals surface area contributed by atoms with E-state index in [9.17, 15) is 4.79 Å². The first-order valence-electron chi connectivity index (χ1n) is 7.36. The molecule has 112 valence electrons. The Bertz CT molecular complexity index is 394. The van der Waals surface area contributed by atoms with Gasteiger partial charge < -0.3 is 15.4 Å². The second-order valence-corrected chi connectivity index (χ2v) is 4.84. The lowest BCUT2D eigenvalue weighted by Gasteiger charge is -2.07. The summed E-state index contributed by atoms with van der Waals surface area (Å²) in [7, 11) is 1.66. The third-order valence-electron chi connectivity index (χ3n) is 3.11. The number of hydrogen-bond donors (Lipinski definition) is 2. The molecule has 0 aliphatic carbocycles. The number of amides is 1. The Balaban J connectivity index is 2.12. The second-order valence-electron chi connectivity index (χ2n) is 4.84. The van der Waals surface area contributed by atoms with E-state index in [-0.39, 0.29) is 5.91 Å². The molecule has 4 heteroatoms. The number of carbonyl (C=O) groups is 1. The summed E-state index contributed by atoms with van der Waals surface area (Å²) in [5.41, 5.74) is 1.17. The molecule has 0 atom stereocenters. The maximum Gasteiger partial charge on any atom is 0.233 e. The fourth-order valence-corrected chi connectivity index (χ4v) is 1.94. The van der Waals surface area contributed by atoms with Gasteiger partial charge in [0.1, 0.15) is 5.75 Å². The number of ether oxygens (including phenoxy) is 1. The van der Waals surface area contributed by atoms with Gasteiger partial charge in [-0.3, -0.25) is 4.79 Å². The van der Waals surface area contributed by atoms with Gasteiger partial charge in [-0.25, -0.2) is 0 Å². The third-order valence-corrected chi connectivity index (χ3v) is 3.11. The quantitative estimate of drug-likeness (QED) is 0.645. The Kier molecular flexibility index (Phi) is 8.47. The zero-order valence-electron chi connectivity index (χ0n) is 12.6. The number of rotatable bonds is 10. The Morgan fingerprint density at radius 2 is 2.10 bits per heavy atom. The highest BCUT2D eigenvalue weighted by Gasteiger charge is 2.01. The molecule has 0 heterocycles. The molecular formula is C16H26N2O2. The van der Waals surface area contributed by atoms with Crippen LogP contribution in [0.1, 0.15) is 31.7 Å². The maximum atomic E-state index is 11.6. The van der Waals surface area contributed by atoms with Gasteiger partial charge in [-0.2, -0.15) is 0 Å². The van der Waals surface area contributed by atoms with E-state index < -0.39 is 0 Å². The van der Waals surface area contributed by atoms with Crippen LogP contribution in [0.25, 0.3) is 0 Å². The molecule has 2 N–H and O–H groups in total.